The molecule has 0 aliphatic heterocycles. The fraction of sp³-hybridized carbons (Fsp3) is 0.267. The molecule has 0 bridgehead atoms. The molecule has 6 nitrogen and oxygen atoms in total. The minimum atomic E-state index is -0.956. The summed E-state index contributed by atoms with van der Waals surface area (Å²) in [6, 6.07) is 2.24. The maximum absolute atomic E-state index is 12.0. The van der Waals surface area contributed by atoms with Crippen molar-refractivity contribution in [2.45, 2.75) is 26.1 Å². The van der Waals surface area contributed by atoms with Gasteiger partial charge in [0.15, 0.2) is 5.43 Å². The molecule has 112 valence electrons. The Kier molecular flexibility index (Phi) is 4.02. The van der Waals surface area contributed by atoms with E-state index in [0.717, 1.165) is 6.07 Å². The molecule has 0 amide bonds. The predicted molar refractivity (Wildman–Crippen MR) is 76.3 cm³/mol. The number of benzene rings is 1. The second-order valence-corrected chi connectivity index (χ2v) is 4.90. The average molecular weight is 292 g/mol. The number of hydrogen-bond donors (Lipinski definition) is 4. The maximum Gasteiger partial charge on any atom is 0.196 e. The standard InChI is InChI=1S/C15H16O6/c1-7(2)10(17)4-9-11(18)5-13-14(15(9)20)12(19)3-8(6-16)21-13/h3,5,10,16-18,20H,1,4,6H2,2H3. The van der Waals surface area contributed by atoms with Crippen molar-refractivity contribution in [2.75, 3.05) is 0 Å². The third-order valence-electron chi connectivity index (χ3n) is 3.25. The van der Waals surface area contributed by atoms with Crippen molar-refractivity contribution < 1.29 is 24.8 Å². The molecule has 0 saturated carbocycles. The zero-order chi connectivity index (χ0) is 15.7. The SMILES string of the molecule is C=C(C)C(O)Cc1c(O)cc2oc(CO)cc(=O)c2c1O. The van der Waals surface area contributed by atoms with Crippen molar-refractivity contribution in [3.63, 3.8) is 0 Å². The van der Waals surface area contributed by atoms with Gasteiger partial charge in [0.05, 0.1) is 6.10 Å². The number of aliphatic hydroxyl groups excluding tert-OH is 2. The van der Waals surface area contributed by atoms with Crippen LogP contribution in [0.15, 0.2) is 33.5 Å². The van der Waals surface area contributed by atoms with E-state index in [9.17, 15) is 20.1 Å². The summed E-state index contributed by atoms with van der Waals surface area (Å²) in [6.07, 6.45) is -1.03. The first-order valence-electron chi connectivity index (χ1n) is 6.30. The monoisotopic (exact) mass is 292 g/mol. The van der Waals surface area contributed by atoms with Crippen molar-refractivity contribution >= 4 is 11.0 Å². The molecular weight excluding hydrogens is 276 g/mol. The first kappa shape index (κ1) is 15.1. The molecule has 21 heavy (non-hydrogen) atoms. The van der Waals surface area contributed by atoms with Crippen LogP contribution in [0.3, 0.4) is 0 Å². The van der Waals surface area contributed by atoms with Crippen LogP contribution in [0.4, 0.5) is 0 Å². The molecule has 0 aliphatic carbocycles. The Morgan fingerprint density at radius 3 is 2.62 bits per heavy atom. The normalized spacial score (nSPS) is 12.5. The van der Waals surface area contributed by atoms with Crippen LogP contribution in [-0.4, -0.2) is 26.5 Å². The van der Waals surface area contributed by atoms with Gasteiger partial charge in [0, 0.05) is 24.1 Å². The predicted octanol–water partition coefficient (Wildman–Crippen LogP) is 1.18. The summed E-state index contributed by atoms with van der Waals surface area (Å²) in [5.74, 6) is -0.719. The molecule has 0 spiro atoms. The lowest BCUT2D eigenvalue weighted by atomic mass is 9.99. The van der Waals surface area contributed by atoms with Gasteiger partial charge in [-0.15, -0.1) is 0 Å². The van der Waals surface area contributed by atoms with Crippen LogP contribution in [0.2, 0.25) is 0 Å². The van der Waals surface area contributed by atoms with Crippen molar-refractivity contribution in [1.29, 1.82) is 0 Å². The van der Waals surface area contributed by atoms with Crippen molar-refractivity contribution in [3.8, 4) is 11.5 Å². The third-order valence-corrected chi connectivity index (χ3v) is 3.25. The van der Waals surface area contributed by atoms with Crippen LogP contribution in [0.25, 0.3) is 11.0 Å². The fourth-order valence-corrected chi connectivity index (χ4v) is 2.03. The molecule has 0 radical (unpaired) electrons. The molecular formula is C15H16O6. The zero-order valence-corrected chi connectivity index (χ0v) is 11.5. The maximum atomic E-state index is 12.0. The zero-order valence-electron chi connectivity index (χ0n) is 11.5. The van der Waals surface area contributed by atoms with E-state index in [1.807, 2.05) is 0 Å². The second kappa shape index (κ2) is 5.59. The largest absolute Gasteiger partial charge is 0.507 e. The molecule has 1 aromatic carbocycles. The van der Waals surface area contributed by atoms with Gasteiger partial charge in [0.1, 0.15) is 34.8 Å². The van der Waals surface area contributed by atoms with Gasteiger partial charge < -0.3 is 24.8 Å². The Bertz CT molecular complexity index is 759. The van der Waals surface area contributed by atoms with E-state index in [-0.39, 0.29) is 34.5 Å². The minimum absolute atomic E-state index is 0.0287. The Hall–Kier alpha value is -2.31. The summed E-state index contributed by atoms with van der Waals surface area (Å²) in [5, 5.41) is 38.8. The lowest BCUT2D eigenvalue weighted by Gasteiger charge is -2.14. The van der Waals surface area contributed by atoms with Crippen molar-refractivity contribution in [2.24, 2.45) is 0 Å². The van der Waals surface area contributed by atoms with Gasteiger partial charge in [0.2, 0.25) is 0 Å². The van der Waals surface area contributed by atoms with Gasteiger partial charge in [-0.05, 0) is 6.92 Å². The summed E-state index contributed by atoms with van der Waals surface area (Å²) < 4.78 is 5.21. The first-order chi connectivity index (χ1) is 9.85. The van der Waals surface area contributed by atoms with E-state index in [1.165, 1.54) is 6.07 Å². The quantitative estimate of drug-likeness (QED) is 0.630. The van der Waals surface area contributed by atoms with Gasteiger partial charge in [-0.3, -0.25) is 4.79 Å². The van der Waals surface area contributed by atoms with Crippen LogP contribution in [0.5, 0.6) is 11.5 Å². The van der Waals surface area contributed by atoms with Gasteiger partial charge in [-0.25, -0.2) is 0 Å². The Morgan fingerprint density at radius 2 is 2.05 bits per heavy atom. The molecule has 1 unspecified atom stereocenters. The van der Waals surface area contributed by atoms with Crippen molar-refractivity contribution in [3.05, 3.63) is 45.8 Å². The Morgan fingerprint density at radius 1 is 1.38 bits per heavy atom. The molecule has 2 aromatic rings. The van der Waals surface area contributed by atoms with E-state index in [4.69, 9.17) is 9.52 Å². The lowest BCUT2D eigenvalue weighted by Crippen LogP contribution is -2.12. The molecule has 0 saturated heterocycles. The number of aliphatic hydroxyl groups is 2. The highest BCUT2D eigenvalue weighted by Gasteiger charge is 2.20. The van der Waals surface area contributed by atoms with Crippen LogP contribution in [-0.2, 0) is 13.0 Å². The Labute approximate surface area is 120 Å². The number of fused-ring (bicyclic) bond motifs is 1. The van der Waals surface area contributed by atoms with Crippen LogP contribution >= 0.6 is 0 Å². The number of hydrogen-bond acceptors (Lipinski definition) is 6. The van der Waals surface area contributed by atoms with Crippen LogP contribution < -0.4 is 5.43 Å². The molecule has 1 heterocycles. The van der Waals surface area contributed by atoms with Gasteiger partial charge in [-0.2, -0.15) is 0 Å². The van der Waals surface area contributed by atoms with E-state index < -0.39 is 23.9 Å². The van der Waals surface area contributed by atoms with E-state index in [2.05, 4.69) is 6.58 Å². The highest BCUT2D eigenvalue weighted by atomic mass is 16.4. The first-order valence-corrected chi connectivity index (χ1v) is 6.30. The molecule has 4 N–H and O–H groups in total. The highest BCUT2D eigenvalue weighted by molar-refractivity contribution is 5.86. The van der Waals surface area contributed by atoms with E-state index in [0.29, 0.717) is 5.57 Å². The number of phenols is 2. The second-order valence-electron chi connectivity index (χ2n) is 4.90. The molecule has 6 heteroatoms. The molecule has 1 atom stereocenters. The topological polar surface area (TPSA) is 111 Å². The van der Waals surface area contributed by atoms with Gasteiger partial charge >= 0.3 is 0 Å². The summed E-state index contributed by atoms with van der Waals surface area (Å²) >= 11 is 0. The summed E-state index contributed by atoms with van der Waals surface area (Å²) in [5.41, 5.74) is -0.0578. The fourth-order valence-electron chi connectivity index (χ4n) is 2.03. The molecule has 1 aromatic heterocycles. The summed E-state index contributed by atoms with van der Waals surface area (Å²) in [6.45, 7) is 4.74. The highest BCUT2D eigenvalue weighted by Crippen LogP contribution is 2.35. The smallest absolute Gasteiger partial charge is 0.196 e. The number of phenolic OH excluding ortho intramolecular Hbond substituents is 2. The lowest BCUT2D eigenvalue weighted by molar-refractivity contribution is 0.209. The molecule has 0 aliphatic rings. The minimum Gasteiger partial charge on any atom is -0.507 e. The molecule has 2 rings (SSSR count). The van der Waals surface area contributed by atoms with Gasteiger partial charge in [0.25, 0.3) is 0 Å². The van der Waals surface area contributed by atoms with Gasteiger partial charge in [-0.1, -0.05) is 12.2 Å². The third kappa shape index (κ3) is 2.76. The number of rotatable bonds is 4. The van der Waals surface area contributed by atoms with Crippen molar-refractivity contribution in [1.82, 2.24) is 0 Å². The average Bonchev–Trinajstić information content (AvgIpc) is 2.41. The van der Waals surface area contributed by atoms with Crippen LogP contribution in [0.1, 0.15) is 18.2 Å². The van der Waals surface area contributed by atoms with E-state index in [1.54, 1.807) is 6.92 Å². The molecule has 0 fully saturated rings. The summed E-state index contributed by atoms with van der Waals surface area (Å²) in [7, 11) is 0. The number of aromatic hydroxyl groups is 2. The Balaban J connectivity index is 2.67. The van der Waals surface area contributed by atoms with Crippen LogP contribution in [0, 0.1) is 0 Å². The summed E-state index contributed by atoms with van der Waals surface area (Å²) in [4.78, 5) is 12.0. The van der Waals surface area contributed by atoms with E-state index >= 15 is 0 Å².